The van der Waals surface area contributed by atoms with Gasteiger partial charge in [-0.25, -0.2) is 9.59 Å². The third kappa shape index (κ3) is 3.47. The van der Waals surface area contributed by atoms with E-state index in [9.17, 15) is 19.8 Å². The van der Waals surface area contributed by atoms with Gasteiger partial charge in [0.1, 0.15) is 6.04 Å². The van der Waals surface area contributed by atoms with Gasteiger partial charge in [0.2, 0.25) is 0 Å². The molecule has 7 nitrogen and oxygen atoms in total. The standard InChI is InChI=1S/C14H24N2O5/c1-2-10-3-4-16(12(7-10)13(18)19)14(20)15-5-6-21-9-11(15)8-17/h10-12,17H,2-9H2,1H3,(H,18,19). The highest BCUT2D eigenvalue weighted by Gasteiger charge is 2.39. The van der Waals surface area contributed by atoms with E-state index in [0.717, 1.165) is 12.8 Å². The number of urea groups is 1. The van der Waals surface area contributed by atoms with Gasteiger partial charge >= 0.3 is 12.0 Å². The number of carbonyl (C=O) groups excluding carboxylic acids is 1. The predicted molar refractivity (Wildman–Crippen MR) is 74.9 cm³/mol. The monoisotopic (exact) mass is 300 g/mol. The van der Waals surface area contributed by atoms with E-state index in [-0.39, 0.29) is 18.7 Å². The highest BCUT2D eigenvalue weighted by atomic mass is 16.5. The van der Waals surface area contributed by atoms with Crippen molar-refractivity contribution in [1.29, 1.82) is 0 Å². The fourth-order valence-electron chi connectivity index (χ4n) is 3.10. The summed E-state index contributed by atoms with van der Waals surface area (Å²) in [7, 11) is 0. The van der Waals surface area contributed by atoms with Gasteiger partial charge < -0.3 is 24.7 Å². The van der Waals surface area contributed by atoms with E-state index in [1.54, 1.807) is 4.90 Å². The lowest BCUT2D eigenvalue weighted by atomic mass is 9.89. The number of likely N-dealkylation sites (tertiary alicyclic amines) is 1. The van der Waals surface area contributed by atoms with Crippen molar-refractivity contribution in [2.75, 3.05) is 32.9 Å². The van der Waals surface area contributed by atoms with E-state index in [1.807, 2.05) is 6.92 Å². The molecule has 2 rings (SSSR count). The van der Waals surface area contributed by atoms with Crippen molar-refractivity contribution in [3.05, 3.63) is 0 Å². The average molecular weight is 300 g/mol. The molecule has 2 saturated heterocycles. The molecule has 2 fully saturated rings. The molecule has 2 amide bonds. The lowest BCUT2D eigenvalue weighted by Gasteiger charge is -2.42. The first-order chi connectivity index (χ1) is 10.1. The second-order valence-electron chi connectivity index (χ2n) is 5.73. The normalized spacial score (nSPS) is 30.3. The summed E-state index contributed by atoms with van der Waals surface area (Å²) in [5.41, 5.74) is 0. The number of aliphatic carboxylic acids is 1. The van der Waals surface area contributed by atoms with Gasteiger partial charge in [-0.3, -0.25) is 0 Å². The molecular weight excluding hydrogens is 276 g/mol. The molecule has 3 atom stereocenters. The summed E-state index contributed by atoms with van der Waals surface area (Å²) in [5.74, 6) is -0.594. The van der Waals surface area contributed by atoms with E-state index in [4.69, 9.17) is 4.74 Å². The van der Waals surface area contributed by atoms with Gasteiger partial charge in [0, 0.05) is 13.1 Å². The molecule has 7 heteroatoms. The number of amides is 2. The van der Waals surface area contributed by atoms with Crippen LogP contribution in [0.4, 0.5) is 4.79 Å². The molecule has 0 saturated carbocycles. The molecule has 21 heavy (non-hydrogen) atoms. The predicted octanol–water partition coefficient (Wildman–Crippen LogP) is 0.375. The summed E-state index contributed by atoms with van der Waals surface area (Å²) < 4.78 is 5.26. The zero-order valence-corrected chi connectivity index (χ0v) is 12.4. The third-order valence-corrected chi connectivity index (χ3v) is 4.50. The minimum absolute atomic E-state index is 0.172. The van der Waals surface area contributed by atoms with Crippen LogP contribution in [-0.4, -0.2) is 77.0 Å². The van der Waals surface area contributed by atoms with Crippen molar-refractivity contribution < 1.29 is 24.5 Å². The van der Waals surface area contributed by atoms with Gasteiger partial charge in [-0.15, -0.1) is 0 Å². The number of carbonyl (C=O) groups is 2. The topological polar surface area (TPSA) is 90.3 Å². The highest BCUT2D eigenvalue weighted by Crippen LogP contribution is 2.27. The molecule has 2 N–H and O–H groups in total. The Bertz CT molecular complexity index is 390. The Kier molecular flexibility index (Phi) is 5.41. The van der Waals surface area contributed by atoms with Crippen LogP contribution in [-0.2, 0) is 9.53 Å². The maximum Gasteiger partial charge on any atom is 0.326 e. The summed E-state index contributed by atoms with van der Waals surface area (Å²) in [6.07, 6.45) is 2.27. The van der Waals surface area contributed by atoms with Crippen LogP contribution in [0, 0.1) is 5.92 Å². The van der Waals surface area contributed by atoms with Crippen molar-refractivity contribution in [2.45, 2.75) is 38.3 Å². The van der Waals surface area contributed by atoms with Crippen molar-refractivity contribution in [2.24, 2.45) is 5.92 Å². The highest BCUT2D eigenvalue weighted by molar-refractivity contribution is 5.83. The molecule has 2 heterocycles. The number of hydrogen-bond acceptors (Lipinski definition) is 4. The van der Waals surface area contributed by atoms with Crippen molar-refractivity contribution >= 4 is 12.0 Å². The Morgan fingerprint density at radius 1 is 1.29 bits per heavy atom. The second-order valence-corrected chi connectivity index (χ2v) is 5.73. The van der Waals surface area contributed by atoms with Gasteiger partial charge in [-0.2, -0.15) is 0 Å². The fourth-order valence-corrected chi connectivity index (χ4v) is 3.10. The molecule has 2 aliphatic rings. The van der Waals surface area contributed by atoms with Crippen molar-refractivity contribution in [3.8, 4) is 0 Å². The largest absolute Gasteiger partial charge is 0.480 e. The maximum absolute atomic E-state index is 12.7. The molecule has 0 aromatic heterocycles. The first-order valence-electron chi connectivity index (χ1n) is 7.57. The summed E-state index contributed by atoms with van der Waals surface area (Å²) in [4.78, 5) is 27.1. The van der Waals surface area contributed by atoms with Gasteiger partial charge in [0.05, 0.1) is 25.9 Å². The number of nitrogens with zero attached hydrogens (tertiary/aromatic N) is 2. The van der Waals surface area contributed by atoms with Gasteiger partial charge in [0.15, 0.2) is 0 Å². The number of ether oxygens (including phenoxy) is 1. The van der Waals surface area contributed by atoms with Crippen LogP contribution < -0.4 is 0 Å². The quantitative estimate of drug-likeness (QED) is 0.786. The Morgan fingerprint density at radius 2 is 2.05 bits per heavy atom. The minimum Gasteiger partial charge on any atom is -0.480 e. The van der Waals surface area contributed by atoms with E-state index >= 15 is 0 Å². The number of aliphatic hydroxyl groups is 1. The summed E-state index contributed by atoms with van der Waals surface area (Å²) >= 11 is 0. The van der Waals surface area contributed by atoms with Crippen LogP contribution in [0.3, 0.4) is 0 Å². The molecule has 0 radical (unpaired) electrons. The van der Waals surface area contributed by atoms with Crippen LogP contribution >= 0.6 is 0 Å². The number of morpholine rings is 1. The van der Waals surface area contributed by atoms with E-state index < -0.39 is 12.0 Å². The number of rotatable bonds is 3. The molecular formula is C14H24N2O5. The fraction of sp³-hybridized carbons (Fsp3) is 0.857. The van der Waals surface area contributed by atoms with E-state index in [1.165, 1.54) is 4.90 Å². The molecule has 2 aliphatic heterocycles. The Hall–Kier alpha value is -1.34. The van der Waals surface area contributed by atoms with Crippen LogP contribution in [0.15, 0.2) is 0 Å². The summed E-state index contributed by atoms with van der Waals surface area (Å²) in [5, 5.41) is 18.8. The Morgan fingerprint density at radius 3 is 2.67 bits per heavy atom. The first-order valence-corrected chi connectivity index (χ1v) is 7.57. The van der Waals surface area contributed by atoms with Crippen LogP contribution in [0.5, 0.6) is 0 Å². The van der Waals surface area contributed by atoms with Crippen molar-refractivity contribution in [3.63, 3.8) is 0 Å². The van der Waals surface area contributed by atoms with Gasteiger partial charge in [-0.1, -0.05) is 13.3 Å². The maximum atomic E-state index is 12.7. The molecule has 0 aliphatic carbocycles. The minimum atomic E-state index is -0.949. The Balaban J connectivity index is 2.10. The number of aliphatic hydroxyl groups excluding tert-OH is 1. The molecule has 0 spiro atoms. The number of carboxylic acids is 1. The number of carboxylic acid groups (broad SMARTS) is 1. The van der Waals surface area contributed by atoms with Crippen LogP contribution in [0.25, 0.3) is 0 Å². The Labute approximate surface area is 124 Å². The van der Waals surface area contributed by atoms with Gasteiger partial charge in [-0.05, 0) is 18.8 Å². The summed E-state index contributed by atoms with van der Waals surface area (Å²) in [6, 6.07) is -1.44. The van der Waals surface area contributed by atoms with Crippen LogP contribution in [0.1, 0.15) is 26.2 Å². The smallest absolute Gasteiger partial charge is 0.326 e. The first kappa shape index (κ1) is 16.0. The molecule has 0 aromatic carbocycles. The van der Waals surface area contributed by atoms with E-state index in [2.05, 4.69) is 0 Å². The molecule has 0 aromatic rings. The molecule has 0 bridgehead atoms. The van der Waals surface area contributed by atoms with E-state index in [0.29, 0.717) is 38.6 Å². The molecule has 120 valence electrons. The second kappa shape index (κ2) is 7.09. The molecule has 3 unspecified atom stereocenters. The third-order valence-electron chi connectivity index (χ3n) is 4.50. The zero-order valence-electron chi connectivity index (χ0n) is 12.4. The lowest BCUT2D eigenvalue weighted by Crippen LogP contribution is -2.59. The average Bonchev–Trinajstić information content (AvgIpc) is 2.53. The SMILES string of the molecule is CCC1CCN(C(=O)N2CCOCC2CO)C(C(=O)O)C1. The van der Waals surface area contributed by atoms with Crippen LogP contribution in [0.2, 0.25) is 0 Å². The lowest BCUT2D eigenvalue weighted by molar-refractivity contribution is -0.144. The summed E-state index contributed by atoms with van der Waals surface area (Å²) in [6.45, 7) is 3.45. The zero-order chi connectivity index (χ0) is 15.4. The number of piperidine rings is 1. The van der Waals surface area contributed by atoms with Crippen molar-refractivity contribution in [1.82, 2.24) is 9.80 Å². The number of hydrogen-bond donors (Lipinski definition) is 2. The van der Waals surface area contributed by atoms with Gasteiger partial charge in [0.25, 0.3) is 0 Å².